The zero-order valence-electron chi connectivity index (χ0n) is 7.08. The summed E-state index contributed by atoms with van der Waals surface area (Å²) in [4.78, 5) is 10.2. The van der Waals surface area contributed by atoms with E-state index in [2.05, 4.69) is 3.43 Å². The van der Waals surface area contributed by atoms with Crippen molar-refractivity contribution < 1.29 is 20.2 Å². The number of hydrazine groups is 1. The Kier molecular flexibility index (Phi) is 4.15. The van der Waals surface area contributed by atoms with Crippen molar-refractivity contribution in [2.45, 2.75) is 26.7 Å². The van der Waals surface area contributed by atoms with Gasteiger partial charge >= 0.3 is 46.4 Å². The number of nitrogens with zero attached hydrogens (tertiary/aromatic N) is 2. The number of Topliss-reactive ketones (excluding diaryl/α,β-unsaturated/α-hetero) is 1. The maximum Gasteiger partial charge on any atom is 0.132 e. The van der Waals surface area contributed by atoms with Gasteiger partial charge in [-0.15, -0.1) is 0 Å². The normalized spacial score (nSPS) is 23.5. The van der Waals surface area contributed by atoms with Crippen molar-refractivity contribution in [3.05, 3.63) is 11.6 Å². The second-order valence-corrected chi connectivity index (χ2v) is 4.23. The molecule has 0 aromatic rings. The molecule has 3 nitrogen and oxygen atoms in total. The number of carbonyl (C=O) groups excluding carboxylic acids is 1. The van der Waals surface area contributed by atoms with Gasteiger partial charge in [-0.05, 0) is 0 Å². The molecule has 0 saturated carbocycles. The van der Waals surface area contributed by atoms with Gasteiger partial charge in [-0.25, -0.2) is 0 Å². The van der Waals surface area contributed by atoms with Gasteiger partial charge in [0, 0.05) is 12.8 Å². The number of fused-ring (bicyclic) bond motifs is 1. The second-order valence-electron chi connectivity index (χ2n) is 2.15. The number of rotatable bonds is 2. The monoisotopic (exact) mass is 235 g/mol. The molecule has 0 aliphatic carbocycles. The minimum absolute atomic E-state index is 0.343. The largest absolute Gasteiger partial charge is 0.300 e. The van der Waals surface area contributed by atoms with Crippen LogP contribution in [0.5, 0.6) is 0 Å². The van der Waals surface area contributed by atoms with Gasteiger partial charge in [-0.2, -0.15) is 0 Å². The minimum atomic E-state index is 0.343. The zero-order valence-corrected chi connectivity index (χ0v) is 8.84. The Morgan fingerprint density at radius 3 is 2.25 bits per heavy atom. The van der Waals surface area contributed by atoms with Crippen molar-refractivity contribution in [2.24, 2.45) is 0 Å². The second kappa shape index (κ2) is 4.92. The molecule has 0 N–H and O–H groups in total. The van der Waals surface area contributed by atoms with E-state index < -0.39 is 0 Å². The van der Waals surface area contributed by atoms with Gasteiger partial charge in [0.1, 0.15) is 5.78 Å². The molecule has 1 fully saturated rings. The molecule has 1 unspecified atom stereocenters. The molecule has 0 bridgehead atoms. The van der Waals surface area contributed by atoms with Gasteiger partial charge in [0.15, 0.2) is 0 Å². The van der Waals surface area contributed by atoms with Crippen molar-refractivity contribution >= 4 is 17.7 Å². The fourth-order valence-electron chi connectivity index (χ4n) is 0.532. The van der Waals surface area contributed by atoms with Crippen molar-refractivity contribution in [3.8, 4) is 0 Å². The summed E-state index contributed by atoms with van der Waals surface area (Å²) >= 11 is 3.50. The van der Waals surface area contributed by atoms with E-state index in [9.17, 15) is 4.79 Å². The van der Waals surface area contributed by atoms with Crippen LogP contribution in [-0.4, -0.2) is 13.2 Å². The van der Waals surface area contributed by atoms with Crippen LogP contribution in [0.4, 0.5) is 0 Å². The molecule has 2 aliphatic heterocycles. The average molecular weight is 236 g/mol. The van der Waals surface area contributed by atoms with Crippen LogP contribution in [0, 0.1) is 0 Å². The van der Waals surface area contributed by atoms with E-state index in [1.54, 1.807) is 27.3 Å². The first-order valence-corrected chi connectivity index (χ1v) is 5.48. The Labute approximate surface area is 83.8 Å². The van der Waals surface area contributed by atoms with Crippen LogP contribution in [0.2, 0.25) is 0 Å². The summed E-state index contributed by atoms with van der Waals surface area (Å²) in [5.74, 6) is 0.343. The first-order valence-electron chi connectivity index (χ1n) is 3.80. The molecule has 0 radical (unpaired) electrons. The van der Waals surface area contributed by atoms with Crippen LogP contribution >= 0.6 is 11.9 Å². The first-order chi connectivity index (χ1) is 5.77. The summed E-state index contributed by atoms with van der Waals surface area (Å²) in [5, 5.41) is 2.05. The molecular formula is C7H12CuN2OS. The Morgan fingerprint density at radius 2 is 2.17 bits per heavy atom. The SMILES string of the molecule is C1=C[N]2[Cu][N]2S1.CCC(=O)CC. The van der Waals surface area contributed by atoms with E-state index in [0.717, 1.165) is 0 Å². The van der Waals surface area contributed by atoms with E-state index in [1.807, 2.05) is 29.5 Å². The van der Waals surface area contributed by atoms with Crippen LogP contribution in [0.15, 0.2) is 11.6 Å². The van der Waals surface area contributed by atoms with Crippen LogP contribution in [0.25, 0.3) is 0 Å². The fraction of sp³-hybridized carbons (Fsp3) is 0.571. The average Bonchev–Trinajstić information content (AvgIpc) is 2.74. The van der Waals surface area contributed by atoms with Crippen LogP contribution in [0.1, 0.15) is 26.7 Å². The van der Waals surface area contributed by atoms with Crippen LogP contribution in [-0.2, 0) is 20.2 Å². The van der Waals surface area contributed by atoms with Crippen molar-refractivity contribution in [1.29, 1.82) is 0 Å². The molecule has 2 aliphatic rings. The summed E-state index contributed by atoms with van der Waals surface area (Å²) in [6.45, 7) is 3.76. The fourth-order valence-corrected chi connectivity index (χ4v) is 2.01. The van der Waals surface area contributed by atoms with Gasteiger partial charge in [0.05, 0.1) is 0 Å². The Morgan fingerprint density at radius 1 is 1.50 bits per heavy atom. The molecule has 0 aromatic carbocycles. The van der Waals surface area contributed by atoms with Crippen molar-refractivity contribution in [2.75, 3.05) is 0 Å². The van der Waals surface area contributed by atoms with Gasteiger partial charge in [-0.1, -0.05) is 13.8 Å². The van der Waals surface area contributed by atoms with E-state index in [1.165, 1.54) is 0 Å². The van der Waals surface area contributed by atoms with E-state index >= 15 is 0 Å². The molecule has 73 valence electrons. The predicted molar refractivity (Wildman–Crippen MR) is 46.0 cm³/mol. The molecule has 2 rings (SSSR count). The van der Waals surface area contributed by atoms with Gasteiger partial charge in [0.25, 0.3) is 0 Å². The van der Waals surface area contributed by atoms with Gasteiger partial charge in [0.2, 0.25) is 0 Å². The molecule has 1 saturated heterocycles. The number of hydrogen-bond acceptors (Lipinski definition) is 4. The van der Waals surface area contributed by atoms with E-state index in [0.29, 0.717) is 18.6 Å². The zero-order chi connectivity index (χ0) is 8.97. The van der Waals surface area contributed by atoms with Crippen LogP contribution < -0.4 is 0 Å². The quantitative estimate of drug-likeness (QED) is 0.415. The molecule has 1 atom stereocenters. The summed E-state index contributed by atoms with van der Waals surface area (Å²) in [5.41, 5.74) is 0. The molecule has 2 heterocycles. The molecule has 0 aromatic heterocycles. The smallest absolute Gasteiger partial charge is 0.132 e. The first kappa shape index (κ1) is 10.1. The van der Waals surface area contributed by atoms with Gasteiger partial charge < -0.3 is 0 Å². The Balaban J connectivity index is 0.000000120. The topological polar surface area (TPSA) is 23.1 Å². The summed E-state index contributed by atoms with van der Waals surface area (Å²) < 4.78 is 4.12. The van der Waals surface area contributed by atoms with E-state index in [4.69, 9.17) is 0 Å². The summed E-state index contributed by atoms with van der Waals surface area (Å²) in [6.07, 6.45) is 3.41. The molecule has 0 spiro atoms. The molecular weight excluding hydrogens is 224 g/mol. The Bertz CT molecular complexity index is 192. The molecule has 0 amide bonds. The third-order valence-electron chi connectivity index (χ3n) is 1.33. The van der Waals surface area contributed by atoms with Gasteiger partial charge in [-0.3, -0.25) is 4.79 Å². The third kappa shape index (κ3) is 3.19. The van der Waals surface area contributed by atoms with Crippen LogP contribution in [0.3, 0.4) is 0 Å². The maximum absolute atomic E-state index is 10.2. The number of carbonyl (C=O) groups is 1. The van der Waals surface area contributed by atoms with Crippen molar-refractivity contribution in [3.63, 3.8) is 0 Å². The minimum Gasteiger partial charge on any atom is -0.300 e. The Hall–Kier alpha value is 0.0395. The summed E-state index contributed by atoms with van der Waals surface area (Å²) in [6, 6.07) is 0. The predicted octanol–water partition coefficient (Wildman–Crippen LogP) is 1.94. The number of hydrogen-bond donors (Lipinski definition) is 0. The summed E-state index contributed by atoms with van der Waals surface area (Å²) in [7, 11) is 0. The van der Waals surface area contributed by atoms with E-state index in [-0.39, 0.29) is 0 Å². The standard InChI is InChI=1S/C5H10O.C2H2N2S.Cu/c1-3-5(6)4-2;1-2-5-4-3-1;/h3-4H2,1-2H3;1-2H;/q;-2;+2. The third-order valence-corrected chi connectivity index (χ3v) is 3.23. The maximum atomic E-state index is 10.2. The molecule has 12 heavy (non-hydrogen) atoms. The molecule has 5 heteroatoms. The number of ketones is 1. The van der Waals surface area contributed by atoms with Crippen molar-refractivity contribution in [1.82, 2.24) is 7.46 Å².